The molecule has 2 saturated heterocycles. The number of nitrogens with zero attached hydrogens (tertiary/aromatic N) is 2. The summed E-state index contributed by atoms with van der Waals surface area (Å²) < 4.78 is 50.1. The van der Waals surface area contributed by atoms with E-state index in [1.54, 1.807) is 19.4 Å². The molecular formula is C27H32F3N5O6. The van der Waals surface area contributed by atoms with Crippen molar-refractivity contribution >= 4 is 23.5 Å². The standard InChI is InChI=1S/C27H32F3N5O6/c1-40-23-6-5-20(12-32-23)35-9-7-18(8-10-35)26(41-15-24(37)38)16-31-13-21(26)34-22(36)14-33-25(39)17-3-2-4-19(11-17)27(28,29)30/h2-6,11-12,18,21,31H,7-10,13-16H2,1H3,(H,33,39)(H,34,36)(H,37,38)/t21-,26+/m0/s1. The Hall–Kier alpha value is -3.91. The minimum absolute atomic E-state index is 0.0932. The number of carbonyl (C=O) groups excluding carboxylic acids is 2. The number of carboxylic acids is 1. The van der Waals surface area contributed by atoms with E-state index < -0.39 is 54.3 Å². The van der Waals surface area contributed by atoms with Gasteiger partial charge in [0.25, 0.3) is 5.91 Å². The molecule has 4 rings (SSSR count). The number of pyridine rings is 1. The minimum atomic E-state index is -4.61. The Morgan fingerprint density at radius 1 is 1.20 bits per heavy atom. The van der Waals surface area contributed by atoms with Gasteiger partial charge >= 0.3 is 12.1 Å². The third-order valence-corrected chi connectivity index (χ3v) is 7.48. The Labute approximate surface area is 234 Å². The van der Waals surface area contributed by atoms with Gasteiger partial charge in [-0.3, -0.25) is 9.59 Å². The summed E-state index contributed by atoms with van der Waals surface area (Å²) in [5.41, 5.74) is -1.28. The lowest BCUT2D eigenvalue weighted by molar-refractivity contribution is -0.156. The zero-order valence-electron chi connectivity index (χ0n) is 22.4. The molecule has 1 aromatic carbocycles. The summed E-state index contributed by atoms with van der Waals surface area (Å²) in [5.74, 6) is -2.14. The van der Waals surface area contributed by atoms with E-state index in [1.807, 2.05) is 6.07 Å². The molecule has 4 N–H and O–H groups in total. The third kappa shape index (κ3) is 7.24. The number of hydrogen-bond acceptors (Lipinski definition) is 8. The van der Waals surface area contributed by atoms with Crippen molar-refractivity contribution < 1.29 is 42.1 Å². The maximum atomic E-state index is 13.0. The average Bonchev–Trinajstić information content (AvgIpc) is 3.37. The highest BCUT2D eigenvalue weighted by Crippen LogP contribution is 2.37. The van der Waals surface area contributed by atoms with Crippen LogP contribution in [0.2, 0.25) is 0 Å². The number of benzene rings is 1. The van der Waals surface area contributed by atoms with Crippen molar-refractivity contribution in [2.45, 2.75) is 30.7 Å². The molecule has 0 bridgehead atoms. The topological polar surface area (TPSA) is 142 Å². The molecule has 222 valence electrons. The summed E-state index contributed by atoms with van der Waals surface area (Å²) in [6, 6.07) is 7.00. The first kappa shape index (κ1) is 30.1. The molecule has 2 aliphatic heterocycles. The summed E-state index contributed by atoms with van der Waals surface area (Å²) in [6.07, 6.45) is -1.56. The number of anilines is 1. The van der Waals surface area contributed by atoms with E-state index in [0.717, 1.165) is 17.8 Å². The van der Waals surface area contributed by atoms with Gasteiger partial charge < -0.3 is 35.4 Å². The largest absolute Gasteiger partial charge is 0.481 e. The number of amides is 2. The molecule has 3 heterocycles. The molecule has 0 saturated carbocycles. The van der Waals surface area contributed by atoms with Crippen molar-refractivity contribution in [1.29, 1.82) is 0 Å². The number of ether oxygens (including phenoxy) is 2. The summed E-state index contributed by atoms with van der Waals surface area (Å²) >= 11 is 0. The van der Waals surface area contributed by atoms with E-state index in [9.17, 15) is 32.7 Å². The fourth-order valence-electron chi connectivity index (χ4n) is 5.43. The van der Waals surface area contributed by atoms with Crippen LogP contribution >= 0.6 is 0 Å². The van der Waals surface area contributed by atoms with Gasteiger partial charge in [-0.1, -0.05) is 6.07 Å². The summed E-state index contributed by atoms with van der Waals surface area (Å²) in [4.78, 5) is 43.1. The second kappa shape index (κ2) is 12.7. The third-order valence-electron chi connectivity index (χ3n) is 7.48. The van der Waals surface area contributed by atoms with Crippen LogP contribution in [0.5, 0.6) is 5.88 Å². The van der Waals surface area contributed by atoms with Crippen LogP contribution in [0.25, 0.3) is 0 Å². The normalized spacial score (nSPS) is 21.4. The van der Waals surface area contributed by atoms with Crippen LogP contribution in [0.4, 0.5) is 18.9 Å². The lowest BCUT2D eigenvalue weighted by Gasteiger charge is -2.45. The van der Waals surface area contributed by atoms with Gasteiger partial charge in [0.1, 0.15) is 12.2 Å². The number of carbonyl (C=O) groups is 3. The van der Waals surface area contributed by atoms with E-state index in [0.29, 0.717) is 51.0 Å². The van der Waals surface area contributed by atoms with Gasteiger partial charge in [0.15, 0.2) is 0 Å². The molecule has 41 heavy (non-hydrogen) atoms. The first-order valence-corrected chi connectivity index (χ1v) is 13.1. The molecule has 2 amide bonds. The van der Waals surface area contributed by atoms with Gasteiger partial charge in [-0.15, -0.1) is 0 Å². The Balaban J connectivity index is 1.39. The minimum Gasteiger partial charge on any atom is -0.481 e. The van der Waals surface area contributed by atoms with E-state index >= 15 is 0 Å². The number of aromatic nitrogens is 1. The zero-order valence-corrected chi connectivity index (χ0v) is 22.4. The Kier molecular flexibility index (Phi) is 9.33. The van der Waals surface area contributed by atoms with Gasteiger partial charge in [-0.05, 0) is 43.0 Å². The first-order valence-electron chi connectivity index (χ1n) is 13.1. The zero-order chi connectivity index (χ0) is 29.6. The van der Waals surface area contributed by atoms with Crippen LogP contribution in [0.1, 0.15) is 28.8 Å². The number of aliphatic carboxylic acids is 1. The van der Waals surface area contributed by atoms with E-state index in [2.05, 4.69) is 25.8 Å². The quantitative estimate of drug-likeness (QED) is 0.331. The van der Waals surface area contributed by atoms with Crippen molar-refractivity contribution in [3.05, 3.63) is 53.7 Å². The number of halogens is 3. The lowest BCUT2D eigenvalue weighted by Crippen LogP contribution is -2.61. The lowest BCUT2D eigenvalue weighted by atomic mass is 9.77. The van der Waals surface area contributed by atoms with Gasteiger partial charge in [0, 0.05) is 37.8 Å². The van der Waals surface area contributed by atoms with Gasteiger partial charge in [-0.2, -0.15) is 13.2 Å². The van der Waals surface area contributed by atoms with Crippen LogP contribution in [0.15, 0.2) is 42.6 Å². The fraction of sp³-hybridized carbons (Fsp3) is 0.481. The highest BCUT2D eigenvalue weighted by molar-refractivity contribution is 5.96. The molecule has 0 spiro atoms. The molecule has 0 unspecified atom stereocenters. The van der Waals surface area contributed by atoms with Gasteiger partial charge in [0.05, 0.1) is 37.1 Å². The number of alkyl halides is 3. The number of piperidine rings is 1. The van der Waals surface area contributed by atoms with Crippen molar-refractivity contribution in [3.8, 4) is 5.88 Å². The maximum absolute atomic E-state index is 13.0. The Morgan fingerprint density at radius 2 is 1.95 bits per heavy atom. The SMILES string of the molecule is COc1ccc(N2CCC([C@]3(OCC(=O)O)CNC[C@@H]3NC(=O)CNC(=O)c3cccc(C(F)(F)F)c3)CC2)cn1. The average molecular weight is 580 g/mol. The molecule has 14 heteroatoms. The van der Waals surface area contributed by atoms with Crippen molar-refractivity contribution in [1.82, 2.24) is 20.9 Å². The molecule has 2 aromatic rings. The van der Waals surface area contributed by atoms with Crippen molar-refractivity contribution in [2.24, 2.45) is 5.92 Å². The van der Waals surface area contributed by atoms with E-state index in [1.165, 1.54) is 6.07 Å². The van der Waals surface area contributed by atoms with Crippen LogP contribution in [-0.4, -0.2) is 86.0 Å². The Bertz CT molecular complexity index is 1240. The molecule has 2 atom stereocenters. The monoisotopic (exact) mass is 579 g/mol. The molecule has 1 aromatic heterocycles. The van der Waals surface area contributed by atoms with Crippen molar-refractivity contribution in [2.75, 3.05) is 51.3 Å². The molecule has 0 radical (unpaired) electrons. The number of nitrogens with one attached hydrogen (secondary N) is 3. The van der Waals surface area contributed by atoms with E-state index in [4.69, 9.17) is 9.47 Å². The molecule has 11 nitrogen and oxygen atoms in total. The summed E-state index contributed by atoms with van der Waals surface area (Å²) in [6.45, 7) is 0.910. The Morgan fingerprint density at radius 3 is 2.59 bits per heavy atom. The highest BCUT2D eigenvalue weighted by Gasteiger charge is 2.51. The number of hydrogen-bond donors (Lipinski definition) is 4. The van der Waals surface area contributed by atoms with Gasteiger partial charge in [0.2, 0.25) is 11.8 Å². The van der Waals surface area contributed by atoms with Gasteiger partial charge in [-0.25, -0.2) is 9.78 Å². The van der Waals surface area contributed by atoms with Crippen LogP contribution in [-0.2, 0) is 20.5 Å². The number of methoxy groups -OCH3 is 1. The first-order chi connectivity index (χ1) is 19.5. The summed E-state index contributed by atoms with van der Waals surface area (Å²) in [5, 5.41) is 17.7. The highest BCUT2D eigenvalue weighted by atomic mass is 19.4. The van der Waals surface area contributed by atoms with Crippen LogP contribution < -0.4 is 25.6 Å². The second-order valence-corrected chi connectivity index (χ2v) is 9.97. The predicted molar refractivity (Wildman–Crippen MR) is 141 cm³/mol. The van der Waals surface area contributed by atoms with Crippen molar-refractivity contribution in [3.63, 3.8) is 0 Å². The van der Waals surface area contributed by atoms with Crippen LogP contribution in [0, 0.1) is 5.92 Å². The molecule has 0 aliphatic carbocycles. The molecule has 2 aliphatic rings. The fourth-order valence-corrected chi connectivity index (χ4v) is 5.43. The number of carboxylic acid groups (broad SMARTS) is 1. The maximum Gasteiger partial charge on any atom is 0.416 e. The smallest absolute Gasteiger partial charge is 0.416 e. The molecular weight excluding hydrogens is 547 g/mol. The second-order valence-electron chi connectivity index (χ2n) is 9.97. The van der Waals surface area contributed by atoms with Crippen LogP contribution in [0.3, 0.4) is 0 Å². The number of rotatable bonds is 10. The molecule has 2 fully saturated rings. The predicted octanol–water partition coefficient (Wildman–Crippen LogP) is 1.68. The summed E-state index contributed by atoms with van der Waals surface area (Å²) in [7, 11) is 1.54. The van der Waals surface area contributed by atoms with E-state index in [-0.39, 0.29) is 11.5 Å².